The van der Waals surface area contributed by atoms with Crippen molar-refractivity contribution in [3.8, 4) is 34.5 Å². The molecule has 0 saturated carbocycles. The number of anilines is 2. The molecule has 114 heavy (non-hydrogen) atoms. The predicted molar refractivity (Wildman–Crippen MR) is 456 cm³/mol. The van der Waals surface area contributed by atoms with Crippen LogP contribution in [0.25, 0.3) is 43.6 Å². The van der Waals surface area contributed by atoms with Crippen molar-refractivity contribution < 1.29 is 76.5 Å². The van der Waals surface area contributed by atoms with E-state index < -0.39 is 5.97 Å². The van der Waals surface area contributed by atoms with Crippen LogP contribution >= 0.6 is 105 Å². The van der Waals surface area contributed by atoms with E-state index in [1.54, 1.807) is 189 Å². The molecule has 0 aliphatic carbocycles. The minimum atomic E-state index is -0.986. The highest BCUT2D eigenvalue weighted by molar-refractivity contribution is 6.38. The Morgan fingerprint density at radius 1 is 0.421 bits per heavy atom. The molecule has 23 nitrogen and oxygen atoms in total. The molecule has 8 aromatic carbocycles. The third-order valence-corrected chi connectivity index (χ3v) is 19.7. The molecule has 0 amide bonds. The van der Waals surface area contributed by atoms with Gasteiger partial charge in [-0.15, -0.1) is 12.4 Å². The van der Waals surface area contributed by atoms with E-state index >= 15 is 0 Å². The molecule has 0 atom stereocenters. The van der Waals surface area contributed by atoms with Crippen LogP contribution in [0.4, 0.5) is 11.4 Å². The summed E-state index contributed by atoms with van der Waals surface area (Å²) in [5.41, 5.74) is 19.2. The van der Waals surface area contributed by atoms with Gasteiger partial charge < -0.3 is 68.9 Å². The lowest BCUT2D eigenvalue weighted by Crippen LogP contribution is -2.14. The highest BCUT2D eigenvalue weighted by Gasteiger charge is 2.27. The number of nitrogens with zero attached hydrogens (tertiary/aromatic N) is 2. The van der Waals surface area contributed by atoms with Crippen LogP contribution in [0.15, 0.2) is 133 Å². The molecule has 0 saturated heterocycles. The number of aromatic amines is 2. The number of aromatic nitrogens is 4. The molecule has 32 heteroatoms. The van der Waals surface area contributed by atoms with E-state index in [0.717, 1.165) is 50.0 Å². The van der Waals surface area contributed by atoms with Crippen LogP contribution in [-0.2, 0) is 59.1 Å². The number of hydrogen-bond acceptors (Lipinski definition) is 18. The fourth-order valence-corrected chi connectivity index (χ4v) is 13.8. The van der Waals surface area contributed by atoms with Crippen molar-refractivity contribution in [2.45, 2.75) is 74.1 Å². The molecule has 12 aromatic rings. The van der Waals surface area contributed by atoms with E-state index in [4.69, 9.17) is 147 Å². The van der Waals surface area contributed by atoms with Crippen LogP contribution < -0.4 is 45.4 Å². The van der Waals surface area contributed by atoms with Gasteiger partial charge in [-0.3, -0.25) is 43.7 Å². The molecule has 8 N–H and O–H groups in total. The van der Waals surface area contributed by atoms with Crippen LogP contribution in [0, 0.1) is 27.7 Å². The van der Waals surface area contributed by atoms with Crippen LogP contribution in [0.1, 0.15) is 86.5 Å². The van der Waals surface area contributed by atoms with Crippen molar-refractivity contribution in [3.05, 3.63) is 230 Å². The zero-order valence-electron chi connectivity index (χ0n) is 64.2. The Morgan fingerprint density at radius 3 is 1.20 bits per heavy atom. The van der Waals surface area contributed by atoms with E-state index in [1.807, 2.05) is 26.0 Å². The minimum Gasteiger partial charge on any atom is -0.495 e. The number of methoxy groups -OCH3 is 6. The fourth-order valence-electron chi connectivity index (χ4n) is 11.9. The number of aryl methyl sites for hydroxylation is 2. The van der Waals surface area contributed by atoms with Gasteiger partial charge in [-0.25, -0.2) is 0 Å². The third-order valence-electron chi connectivity index (χ3n) is 17.3. The van der Waals surface area contributed by atoms with Crippen LogP contribution in [0.3, 0.4) is 0 Å². The summed E-state index contributed by atoms with van der Waals surface area (Å²) in [6.07, 6.45) is 0.271. The maximum atomic E-state index is 13.2. The lowest BCUT2D eigenvalue weighted by molar-refractivity contribution is -0.143. The number of carbonyl (C=O) groups is 6. The molecular weight excluding hydrogens is 1660 g/mol. The molecule has 4 heterocycles. The summed E-state index contributed by atoms with van der Waals surface area (Å²) in [6, 6.07) is 37.5. The number of rotatable bonds is 20. The average molecular weight is 1740 g/mol. The maximum absolute atomic E-state index is 13.2. The molecule has 606 valence electrons. The van der Waals surface area contributed by atoms with Gasteiger partial charge in [0.1, 0.15) is 34.5 Å². The Kier molecular flexibility index (Phi) is 35.5. The number of hydrogen-bond donors (Lipinski definition) is 6. The highest BCUT2D eigenvalue weighted by atomic mass is 35.5. The Balaban J connectivity index is 0.000000219. The number of nitrogen functional groups attached to an aromatic ring is 2. The minimum absolute atomic E-state index is 0. The van der Waals surface area contributed by atoms with Crippen molar-refractivity contribution >= 4 is 196 Å². The van der Waals surface area contributed by atoms with Gasteiger partial charge in [0.15, 0.2) is 0 Å². The third kappa shape index (κ3) is 23.2. The molecule has 0 unspecified atom stereocenters. The zero-order valence-corrected chi connectivity index (χ0v) is 71.1. The SMILES string of the molecule is CCOC(=O)Cc1c(C)[nH]c2cc(Cl)c(OC)cc12.CCOC(=O)Cc1c(C)[nH]c2ccc(OC)c(Cl)c12.CCOC(=O)Cc1c(C)n(C(=O)c2ccc(Cl)cc2)c2cc(Cl)c(OC)cc12.COc1cc2c(CC(=O)O)c(C)n(C(=O)c3ccc(Cl)cc3)c2cc1Cl.COc1ccc(N)cc1Cl.COc1ccc(NN)cc1Cl.Cl. The Labute approximate surface area is 704 Å². The Bertz CT molecular complexity index is 5430. The molecular formula is C82H84Cl9N7O16. The summed E-state index contributed by atoms with van der Waals surface area (Å²) in [6.45, 7) is 13.7. The first-order valence-electron chi connectivity index (χ1n) is 34.5. The summed E-state index contributed by atoms with van der Waals surface area (Å²) >= 11 is 48.3. The van der Waals surface area contributed by atoms with Crippen LogP contribution in [-0.4, -0.2) is 122 Å². The molecule has 0 fully saturated rings. The quantitative estimate of drug-likeness (QED) is 0.0136. The van der Waals surface area contributed by atoms with Crippen LogP contribution in [0.5, 0.6) is 34.5 Å². The van der Waals surface area contributed by atoms with Gasteiger partial charge in [-0.2, -0.15) is 0 Å². The van der Waals surface area contributed by atoms with Gasteiger partial charge in [0, 0.05) is 82.2 Å². The fraction of sp³-hybridized carbons (Fsp3) is 0.244. The number of nitrogens with two attached hydrogens (primary N) is 2. The highest BCUT2D eigenvalue weighted by Crippen LogP contribution is 2.40. The first-order valence-corrected chi connectivity index (χ1v) is 37.5. The normalized spacial score (nSPS) is 10.5. The number of ether oxygens (including phenoxy) is 9. The van der Waals surface area contributed by atoms with Crippen molar-refractivity contribution in [3.63, 3.8) is 0 Å². The maximum Gasteiger partial charge on any atom is 0.310 e. The standard InChI is InChI=1S/C21H19Cl2NO4.C19H15Cl2NO4.2C14H16ClNO3.C7H9ClN2O.C7H8ClNO.ClH/c1-4-28-20(25)10-15-12(2)24(21(26)13-5-7-14(22)8-6-13)18-11-17(23)19(27-3)9-16(15)18;1-10-13(8-18(23)24)14-7-17(26-2)15(21)9-16(14)22(10)19(25)11-3-5-12(20)6-4-11;1-4-19-14(17)6-9-8(2)16-12-7-11(15)13(18-3)5-10(9)12;1-4-19-12(17)7-9-8(2)16-10-5-6-11(18-3)14(15)13(9)10;1-11-7-3-2-5(10-9)4-6(7)8;1-10-7-3-2-5(9)4-6(7)8;/h5-9,11H,4,10H2,1-3H3;3-7,9H,8H2,1-2H3,(H,23,24);5,7,16H,4,6H2,1-3H3;5-6,16H,4,7H2,1-3H3;2-4,10H,9H2,1H3;2-4H,9H2,1H3;1H. The van der Waals surface area contributed by atoms with E-state index in [1.165, 1.54) is 18.8 Å². The lowest BCUT2D eigenvalue weighted by Gasteiger charge is -2.09. The molecule has 0 spiro atoms. The number of benzene rings is 8. The van der Waals surface area contributed by atoms with Gasteiger partial charge in [-0.1, -0.05) is 92.8 Å². The summed E-state index contributed by atoms with van der Waals surface area (Å²) in [5.74, 6) is 6.16. The largest absolute Gasteiger partial charge is 0.495 e. The second-order valence-electron chi connectivity index (χ2n) is 24.3. The number of esters is 3. The number of hydrazine groups is 1. The molecule has 0 aliphatic heterocycles. The van der Waals surface area contributed by atoms with Gasteiger partial charge in [-0.05, 0) is 204 Å². The Morgan fingerprint density at radius 2 is 0.789 bits per heavy atom. The summed E-state index contributed by atoms with van der Waals surface area (Å²) < 4.78 is 48.9. The lowest BCUT2D eigenvalue weighted by atomic mass is 10.1. The smallest absolute Gasteiger partial charge is 0.310 e. The molecule has 4 aromatic heterocycles. The average Bonchev–Trinajstić information content (AvgIpc) is 1.61. The van der Waals surface area contributed by atoms with E-state index in [-0.39, 0.29) is 74.4 Å². The summed E-state index contributed by atoms with van der Waals surface area (Å²) in [4.78, 5) is 79.4. The number of H-pyrrole nitrogens is 2. The van der Waals surface area contributed by atoms with Gasteiger partial charge in [0.25, 0.3) is 11.8 Å². The predicted octanol–water partition coefficient (Wildman–Crippen LogP) is 20.1. The van der Waals surface area contributed by atoms with E-state index in [9.17, 15) is 33.9 Å². The topological polar surface area (TPSA) is 311 Å². The molecule has 0 bridgehead atoms. The number of carboxylic acid groups (broad SMARTS) is 1. The number of carboxylic acids is 1. The van der Waals surface area contributed by atoms with Crippen molar-refractivity contribution in [1.29, 1.82) is 0 Å². The summed E-state index contributed by atoms with van der Waals surface area (Å²) in [5, 5.41) is 16.3. The van der Waals surface area contributed by atoms with Gasteiger partial charge in [0.05, 0.1) is 135 Å². The monoisotopic (exact) mass is 1740 g/mol. The number of carbonyl (C=O) groups excluding carboxylic acids is 5. The number of halogens is 9. The van der Waals surface area contributed by atoms with Gasteiger partial charge in [0.2, 0.25) is 0 Å². The number of aliphatic carboxylic acids is 1. The first-order chi connectivity index (χ1) is 53.8. The zero-order chi connectivity index (χ0) is 83.2. The number of nitrogens with one attached hydrogen (secondary N) is 3. The molecule has 0 aliphatic rings. The van der Waals surface area contributed by atoms with E-state index in [2.05, 4.69) is 15.4 Å². The summed E-state index contributed by atoms with van der Waals surface area (Å²) in [7, 11) is 9.26. The second-order valence-corrected chi connectivity index (χ2v) is 27.6. The van der Waals surface area contributed by atoms with Crippen molar-refractivity contribution in [1.82, 2.24) is 19.1 Å². The van der Waals surface area contributed by atoms with Crippen LogP contribution in [0.2, 0.25) is 40.2 Å². The second kappa shape index (κ2) is 43.6. The molecule has 0 radical (unpaired) electrons. The van der Waals surface area contributed by atoms with Crippen molar-refractivity contribution in [2.75, 3.05) is 73.6 Å². The Hall–Kier alpha value is -9.89. The first kappa shape index (κ1) is 93.0. The number of fused-ring (bicyclic) bond motifs is 4. The van der Waals surface area contributed by atoms with Crippen molar-refractivity contribution in [2.24, 2.45) is 5.84 Å². The van der Waals surface area contributed by atoms with E-state index in [0.29, 0.717) is 149 Å². The molecule has 12 rings (SSSR count). The van der Waals surface area contributed by atoms with Gasteiger partial charge >= 0.3 is 23.9 Å².